The van der Waals surface area contributed by atoms with E-state index in [4.69, 9.17) is 9.47 Å². The average Bonchev–Trinajstić information content (AvgIpc) is 2.88. The summed E-state index contributed by atoms with van der Waals surface area (Å²) in [6.45, 7) is 10.2. The van der Waals surface area contributed by atoms with Crippen molar-refractivity contribution in [3.05, 3.63) is 0 Å². The van der Waals surface area contributed by atoms with Crippen LogP contribution >= 0.6 is 0 Å². The minimum atomic E-state index is -0.469. The second-order valence-electron chi connectivity index (χ2n) is 6.46. The summed E-state index contributed by atoms with van der Waals surface area (Å²) >= 11 is 0. The SMILES string of the molecule is COCCN(CCNCC1CCCN1)C(=O)OC(C)(C)C. The summed E-state index contributed by atoms with van der Waals surface area (Å²) < 4.78 is 10.5. The topological polar surface area (TPSA) is 62.8 Å². The van der Waals surface area contributed by atoms with E-state index in [0.29, 0.717) is 25.7 Å². The van der Waals surface area contributed by atoms with Crippen LogP contribution in [0.2, 0.25) is 0 Å². The Kier molecular flexibility index (Phi) is 8.00. The van der Waals surface area contributed by atoms with Gasteiger partial charge in [-0.25, -0.2) is 4.79 Å². The zero-order valence-corrected chi connectivity index (χ0v) is 13.9. The summed E-state index contributed by atoms with van der Waals surface area (Å²) in [4.78, 5) is 13.8. The summed E-state index contributed by atoms with van der Waals surface area (Å²) in [5, 5.41) is 6.84. The maximum absolute atomic E-state index is 12.1. The molecule has 0 radical (unpaired) electrons. The number of amides is 1. The molecule has 0 aromatic carbocycles. The van der Waals surface area contributed by atoms with E-state index in [0.717, 1.165) is 19.6 Å². The van der Waals surface area contributed by atoms with Crippen molar-refractivity contribution >= 4 is 6.09 Å². The lowest BCUT2D eigenvalue weighted by molar-refractivity contribution is 0.0204. The van der Waals surface area contributed by atoms with Gasteiger partial charge in [-0.3, -0.25) is 0 Å². The van der Waals surface area contributed by atoms with Gasteiger partial charge in [0.1, 0.15) is 5.60 Å². The minimum Gasteiger partial charge on any atom is -0.444 e. The molecule has 0 bridgehead atoms. The van der Waals surface area contributed by atoms with Crippen LogP contribution in [0.4, 0.5) is 4.79 Å². The highest BCUT2D eigenvalue weighted by Gasteiger charge is 2.21. The van der Waals surface area contributed by atoms with E-state index in [9.17, 15) is 4.79 Å². The second-order valence-corrected chi connectivity index (χ2v) is 6.46. The molecule has 0 saturated carbocycles. The first-order valence-corrected chi connectivity index (χ1v) is 7.83. The molecule has 1 aliphatic heterocycles. The molecule has 0 aromatic rings. The van der Waals surface area contributed by atoms with E-state index in [1.54, 1.807) is 12.0 Å². The Hall–Kier alpha value is -0.850. The molecule has 1 aliphatic rings. The van der Waals surface area contributed by atoms with Crippen LogP contribution in [-0.4, -0.2) is 69.1 Å². The van der Waals surface area contributed by atoms with Crippen LogP contribution in [0.15, 0.2) is 0 Å². The monoisotopic (exact) mass is 301 g/mol. The molecule has 1 amide bonds. The van der Waals surface area contributed by atoms with Crippen LogP contribution in [0.5, 0.6) is 0 Å². The first-order valence-electron chi connectivity index (χ1n) is 7.83. The fourth-order valence-electron chi connectivity index (χ4n) is 2.24. The van der Waals surface area contributed by atoms with Crippen LogP contribution in [0.25, 0.3) is 0 Å². The molecule has 1 unspecified atom stereocenters. The third-order valence-corrected chi connectivity index (χ3v) is 3.33. The van der Waals surface area contributed by atoms with Crippen molar-refractivity contribution in [2.75, 3.05) is 46.4 Å². The highest BCUT2D eigenvalue weighted by molar-refractivity contribution is 5.68. The summed E-state index contributed by atoms with van der Waals surface area (Å²) in [6, 6.07) is 0.568. The predicted octanol–water partition coefficient (Wildman–Crippen LogP) is 1.21. The van der Waals surface area contributed by atoms with Crippen LogP contribution in [0.3, 0.4) is 0 Å². The van der Waals surface area contributed by atoms with E-state index >= 15 is 0 Å². The average molecular weight is 301 g/mol. The predicted molar refractivity (Wildman–Crippen MR) is 83.6 cm³/mol. The number of nitrogens with one attached hydrogen (secondary N) is 2. The summed E-state index contributed by atoms with van der Waals surface area (Å²) in [5.41, 5.74) is -0.469. The van der Waals surface area contributed by atoms with Gasteiger partial charge in [0.05, 0.1) is 6.61 Å². The number of nitrogens with zero attached hydrogens (tertiary/aromatic N) is 1. The van der Waals surface area contributed by atoms with Crippen molar-refractivity contribution in [3.8, 4) is 0 Å². The van der Waals surface area contributed by atoms with Gasteiger partial charge in [-0.05, 0) is 40.2 Å². The van der Waals surface area contributed by atoms with Gasteiger partial charge >= 0.3 is 6.09 Å². The van der Waals surface area contributed by atoms with Crippen molar-refractivity contribution in [1.29, 1.82) is 0 Å². The first kappa shape index (κ1) is 18.2. The highest BCUT2D eigenvalue weighted by Crippen LogP contribution is 2.09. The van der Waals surface area contributed by atoms with Gasteiger partial charge in [-0.2, -0.15) is 0 Å². The Morgan fingerprint density at radius 1 is 1.38 bits per heavy atom. The Morgan fingerprint density at radius 3 is 2.71 bits per heavy atom. The Labute approximate surface area is 128 Å². The molecule has 0 spiro atoms. The maximum atomic E-state index is 12.1. The largest absolute Gasteiger partial charge is 0.444 e. The molecule has 1 saturated heterocycles. The molecule has 0 aliphatic carbocycles. The molecule has 1 heterocycles. The number of ether oxygens (including phenoxy) is 2. The standard InChI is InChI=1S/C15H31N3O3/c1-15(2,3)21-14(19)18(10-11-20-4)9-8-16-12-13-6-5-7-17-13/h13,16-17H,5-12H2,1-4H3. The Morgan fingerprint density at radius 2 is 2.14 bits per heavy atom. The van der Waals surface area contributed by atoms with E-state index in [-0.39, 0.29) is 6.09 Å². The van der Waals surface area contributed by atoms with Crippen LogP contribution < -0.4 is 10.6 Å². The lowest BCUT2D eigenvalue weighted by atomic mass is 10.2. The molecule has 1 atom stereocenters. The van der Waals surface area contributed by atoms with E-state index in [1.165, 1.54) is 12.8 Å². The van der Waals surface area contributed by atoms with E-state index in [1.807, 2.05) is 20.8 Å². The number of rotatable bonds is 8. The molecule has 6 nitrogen and oxygen atoms in total. The van der Waals surface area contributed by atoms with Gasteiger partial charge in [0.15, 0.2) is 0 Å². The van der Waals surface area contributed by atoms with E-state index in [2.05, 4.69) is 10.6 Å². The third-order valence-electron chi connectivity index (χ3n) is 3.33. The molecule has 2 N–H and O–H groups in total. The maximum Gasteiger partial charge on any atom is 0.410 e. The molecular weight excluding hydrogens is 270 g/mol. The van der Waals surface area contributed by atoms with Gasteiger partial charge in [-0.15, -0.1) is 0 Å². The first-order chi connectivity index (χ1) is 9.92. The van der Waals surface area contributed by atoms with Crippen LogP contribution in [-0.2, 0) is 9.47 Å². The lowest BCUT2D eigenvalue weighted by Gasteiger charge is -2.27. The molecule has 21 heavy (non-hydrogen) atoms. The van der Waals surface area contributed by atoms with Gasteiger partial charge in [-0.1, -0.05) is 0 Å². The van der Waals surface area contributed by atoms with Crippen molar-refractivity contribution in [3.63, 3.8) is 0 Å². The number of hydrogen-bond acceptors (Lipinski definition) is 5. The van der Waals surface area contributed by atoms with Crippen molar-refractivity contribution in [2.45, 2.75) is 45.3 Å². The zero-order valence-electron chi connectivity index (χ0n) is 13.9. The number of carbonyl (C=O) groups is 1. The van der Waals surface area contributed by atoms with Crippen molar-refractivity contribution in [1.82, 2.24) is 15.5 Å². The minimum absolute atomic E-state index is 0.277. The van der Waals surface area contributed by atoms with Crippen molar-refractivity contribution in [2.24, 2.45) is 0 Å². The fraction of sp³-hybridized carbons (Fsp3) is 0.933. The molecule has 124 valence electrons. The Balaban J connectivity index is 2.29. The molecule has 1 rings (SSSR count). The third kappa shape index (κ3) is 8.24. The summed E-state index contributed by atoms with van der Waals surface area (Å²) in [5.74, 6) is 0. The molecule has 0 aromatic heterocycles. The fourth-order valence-corrected chi connectivity index (χ4v) is 2.24. The number of hydrogen-bond donors (Lipinski definition) is 2. The van der Waals surface area contributed by atoms with E-state index < -0.39 is 5.60 Å². The molecular formula is C15H31N3O3. The van der Waals surface area contributed by atoms with Crippen LogP contribution in [0.1, 0.15) is 33.6 Å². The van der Waals surface area contributed by atoms with Crippen LogP contribution in [0, 0.1) is 0 Å². The van der Waals surface area contributed by atoms with Gasteiger partial charge in [0.2, 0.25) is 0 Å². The summed E-state index contributed by atoms with van der Waals surface area (Å²) in [7, 11) is 1.64. The molecule has 1 fully saturated rings. The van der Waals surface area contributed by atoms with Gasteiger partial charge < -0.3 is 25.0 Å². The summed E-state index contributed by atoms with van der Waals surface area (Å²) in [6.07, 6.45) is 2.21. The normalized spacial score (nSPS) is 18.8. The number of carbonyl (C=O) groups excluding carboxylic acids is 1. The van der Waals surface area contributed by atoms with Gasteiger partial charge in [0.25, 0.3) is 0 Å². The van der Waals surface area contributed by atoms with Crippen molar-refractivity contribution < 1.29 is 14.3 Å². The number of methoxy groups -OCH3 is 1. The zero-order chi connectivity index (χ0) is 15.7. The quantitative estimate of drug-likeness (QED) is 0.660. The smallest absolute Gasteiger partial charge is 0.410 e. The lowest BCUT2D eigenvalue weighted by Crippen LogP contribution is -2.43. The Bertz CT molecular complexity index is 299. The molecule has 6 heteroatoms. The highest BCUT2D eigenvalue weighted by atomic mass is 16.6. The second kappa shape index (κ2) is 9.23. The van der Waals surface area contributed by atoms with Gasteiger partial charge in [0, 0.05) is 39.3 Å².